The van der Waals surface area contributed by atoms with Crippen molar-refractivity contribution in [1.82, 2.24) is 0 Å². The first-order valence-corrected chi connectivity index (χ1v) is 9.95. The third kappa shape index (κ3) is 6.05. The van der Waals surface area contributed by atoms with Crippen molar-refractivity contribution < 1.29 is 33.8 Å². The number of carboxylic acids is 1. The SMILES string of the molecule is N#Cc1ccc(NC(=O)C(OC(=O)c2ccccc2)C(OC(=O)c2ccccc2)C(=O)O)cc1. The van der Waals surface area contributed by atoms with Crippen LogP contribution < -0.4 is 5.32 Å². The first-order chi connectivity index (χ1) is 16.4. The highest BCUT2D eigenvalue weighted by Gasteiger charge is 2.41. The van der Waals surface area contributed by atoms with Gasteiger partial charge in [0, 0.05) is 5.69 Å². The van der Waals surface area contributed by atoms with Crippen LogP contribution in [0.15, 0.2) is 84.9 Å². The van der Waals surface area contributed by atoms with Crippen molar-refractivity contribution in [1.29, 1.82) is 5.26 Å². The van der Waals surface area contributed by atoms with Gasteiger partial charge in [-0.2, -0.15) is 5.26 Å². The summed E-state index contributed by atoms with van der Waals surface area (Å²) >= 11 is 0. The fourth-order valence-corrected chi connectivity index (χ4v) is 2.85. The van der Waals surface area contributed by atoms with Crippen LogP contribution in [-0.4, -0.2) is 41.1 Å². The summed E-state index contributed by atoms with van der Waals surface area (Å²) in [6, 6.07) is 22.8. The number of ether oxygens (including phenoxy) is 2. The molecule has 0 aliphatic carbocycles. The van der Waals surface area contributed by atoms with E-state index in [4.69, 9.17) is 14.7 Å². The molecule has 9 nitrogen and oxygen atoms in total. The van der Waals surface area contributed by atoms with Crippen LogP contribution in [0.1, 0.15) is 26.3 Å². The second-order valence-electron chi connectivity index (χ2n) is 6.90. The number of anilines is 1. The molecule has 3 aromatic carbocycles. The number of aliphatic carboxylic acids is 1. The third-order valence-corrected chi connectivity index (χ3v) is 4.55. The Morgan fingerprint density at radius 1 is 0.735 bits per heavy atom. The average Bonchev–Trinajstić information content (AvgIpc) is 2.87. The third-order valence-electron chi connectivity index (χ3n) is 4.55. The zero-order valence-corrected chi connectivity index (χ0v) is 17.6. The van der Waals surface area contributed by atoms with Crippen molar-refractivity contribution in [3.63, 3.8) is 0 Å². The molecule has 0 saturated heterocycles. The molecule has 3 aromatic rings. The predicted octanol–water partition coefficient (Wildman–Crippen LogP) is 3.03. The summed E-state index contributed by atoms with van der Waals surface area (Å²) in [6.07, 6.45) is -4.16. The minimum Gasteiger partial charge on any atom is -0.478 e. The number of hydrogen-bond acceptors (Lipinski definition) is 7. The topological polar surface area (TPSA) is 143 Å². The monoisotopic (exact) mass is 458 g/mol. The number of carbonyl (C=O) groups is 4. The molecule has 2 N–H and O–H groups in total. The van der Waals surface area contributed by atoms with E-state index < -0.39 is 36.0 Å². The van der Waals surface area contributed by atoms with E-state index in [1.54, 1.807) is 36.4 Å². The van der Waals surface area contributed by atoms with Gasteiger partial charge in [0.05, 0.1) is 22.8 Å². The Kier molecular flexibility index (Phi) is 7.71. The molecule has 0 heterocycles. The molecule has 34 heavy (non-hydrogen) atoms. The Labute approximate surface area is 194 Å². The molecule has 170 valence electrons. The molecule has 0 aromatic heterocycles. The number of benzene rings is 3. The van der Waals surface area contributed by atoms with Crippen LogP contribution in [0.3, 0.4) is 0 Å². The number of esters is 2. The molecular formula is C25H18N2O7. The van der Waals surface area contributed by atoms with Crippen LogP contribution in [0, 0.1) is 11.3 Å². The van der Waals surface area contributed by atoms with E-state index in [-0.39, 0.29) is 16.8 Å². The van der Waals surface area contributed by atoms with Gasteiger partial charge in [0.1, 0.15) is 0 Å². The molecule has 0 fully saturated rings. The Bertz CT molecular complexity index is 1220. The molecule has 0 spiro atoms. The van der Waals surface area contributed by atoms with Gasteiger partial charge in [-0.25, -0.2) is 14.4 Å². The predicted molar refractivity (Wildman–Crippen MR) is 119 cm³/mol. The molecule has 2 atom stereocenters. The summed E-state index contributed by atoms with van der Waals surface area (Å²) < 4.78 is 10.3. The Morgan fingerprint density at radius 2 is 1.21 bits per heavy atom. The second-order valence-corrected chi connectivity index (χ2v) is 6.90. The van der Waals surface area contributed by atoms with Gasteiger partial charge in [-0.05, 0) is 48.5 Å². The van der Waals surface area contributed by atoms with Crippen LogP contribution in [-0.2, 0) is 19.1 Å². The lowest BCUT2D eigenvalue weighted by atomic mass is 10.1. The highest BCUT2D eigenvalue weighted by Crippen LogP contribution is 2.16. The number of amides is 1. The number of hydrogen-bond donors (Lipinski definition) is 2. The van der Waals surface area contributed by atoms with Gasteiger partial charge < -0.3 is 19.9 Å². The van der Waals surface area contributed by atoms with Gasteiger partial charge in [0.15, 0.2) is 0 Å². The van der Waals surface area contributed by atoms with Crippen molar-refractivity contribution in [2.45, 2.75) is 12.2 Å². The molecule has 0 aliphatic rings. The van der Waals surface area contributed by atoms with Crippen molar-refractivity contribution in [3.8, 4) is 6.07 Å². The Morgan fingerprint density at radius 3 is 1.65 bits per heavy atom. The quantitative estimate of drug-likeness (QED) is 0.491. The number of nitrogens with zero attached hydrogens (tertiary/aromatic N) is 1. The lowest BCUT2D eigenvalue weighted by molar-refractivity contribution is -0.157. The van der Waals surface area contributed by atoms with Gasteiger partial charge in [0.25, 0.3) is 5.91 Å². The van der Waals surface area contributed by atoms with E-state index in [2.05, 4.69) is 5.32 Å². The molecule has 1 amide bonds. The van der Waals surface area contributed by atoms with E-state index in [9.17, 15) is 24.3 Å². The molecule has 0 saturated carbocycles. The van der Waals surface area contributed by atoms with Gasteiger partial charge >= 0.3 is 17.9 Å². The minimum absolute atomic E-state index is 0.0504. The van der Waals surface area contributed by atoms with Gasteiger partial charge in [-0.3, -0.25) is 4.79 Å². The lowest BCUT2D eigenvalue weighted by Crippen LogP contribution is -2.48. The maximum atomic E-state index is 13.0. The smallest absolute Gasteiger partial charge is 0.349 e. The number of rotatable bonds is 8. The van der Waals surface area contributed by atoms with E-state index in [0.29, 0.717) is 5.56 Å². The first kappa shape index (κ1) is 23.7. The largest absolute Gasteiger partial charge is 0.478 e. The van der Waals surface area contributed by atoms with Crippen LogP contribution in [0.5, 0.6) is 0 Å². The summed E-state index contributed by atoms with van der Waals surface area (Å²) in [4.78, 5) is 50.1. The molecule has 0 radical (unpaired) electrons. The standard InChI is InChI=1S/C25H18N2O7/c26-15-16-11-13-19(14-12-16)27-22(28)20(33-24(31)17-7-3-1-4-8-17)21(23(29)30)34-25(32)18-9-5-2-6-10-18/h1-14,20-21H,(H,27,28)(H,29,30). The summed E-state index contributed by atoms with van der Waals surface area (Å²) in [5.41, 5.74) is 0.667. The molecule has 9 heteroatoms. The molecule has 0 bridgehead atoms. The van der Waals surface area contributed by atoms with E-state index >= 15 is 0 Å². The van der Waals surface area contributed by atoms with Gasteiger partial charge in [0.2, 0.25) is 12.2 Å². The van der Waals surface area contributed by atoms with Gasteiger partial charge in [-0.1, -0.05) is 36.4 Å². The van der Waals surface area contributed by atoms with Gasteiger partial charge in [-0.15, -0.1) is 0 Å². The lowest BCUT2D eigenvalue weighted by Gasteiger charge is -2.23. The number of nitrogens with one attached hydrogen (secondary N) is 1. The van der Waals surface area contributed by atoms with Crippen molar-refractivity contribution in [3.05, 3.63) is 102 Å². The van der Waals surface area contributed by atoms with Crippen molar-refractivity contribution in [2.24, 2.45) is 0 Å². The molecule has 2 unspecified atom stereocenters. The Hall–Kier alpha value is -4.97. The Balaban J connectivity index is 1.89. The van der Waals surface area contributed by atoms with Crippen molar-refractivity contribution in [2.75, 3.05) is 5.32 Å². The number of carboxylic acid groups (broad SMARTS) is 1. The second kappa shape index (κ2) is 11.1. The van der Waals surface area contributed by atoms with E-state index in [1.165, 1.54) is 48.5 Å². The number of nitriles is 1. The highest BCUT2D eigenvalue weighted by molar-refractivity contribution is 6.01. The van der Waals surface area contributed by atoms with E-state index in [1.807, 2.05) is 6.07 Å². The zero-order chi connectivity index (χ0) is 24.5. The first-order valence-electron chi connectivity index (χ1n) is 9.95. The van der Waals surface area contributed by atoms with Crippen molar-refractivity contribution >= 4 is 29.5 Å². The highest BCUT2D eigenvalue weighted by atomic mass is 16.6. The molecule has 0 aliphatic heterocycles. The zero-order valence-electron chi connectivity index (χ0n) is 17.6. The number of carbonyl (C=O) groups excluding carboxylic acids is 3. The van der Waals surface area contributed by atoms with Crippen LogP contribution in [0.2, 0.25) is 0 Å². The minimum atomic E-state index is -2.14. The summed E-state index contributed by atoms with van der Waals surface area (Å²) in [5, 5.41) is 21.0. The fraction of sp³-hybridized carbons (Fsp3) is 0.0800. The summed E-state index contributed by atoms with van der Waals surface area (Å²) in [7, 11) is 0. The fourth-order valence-electron chi connectivity index (χ4n) is 2.85. The average molecular weight is 458 g/mol. The van der Waals surface area contributed by atoms with Crippen LogP contribution in [0.25, 0.3) is 0 Å². The maximum absolute atomic E-state index is 13.0. The van der Waals surface area contributed by atoms with Crippen LogP contribution in [0.4, 0.5) is 5.69 Å². The van der Waals surface area contributed by atoms with E-state index in [0.717, 1.165) is 0 Å². The maximum Gasteiger partial charge on any atom is 0.349 e. The molecular weight excluding hydrogens is 440 g/mol. The summed E-state index contributed by atoms with van der Waals surface area (Å²) in [5.74, 6) is -4.73. The molecule has 3 rings (SSSR count). The normalized spacial score (nSPS) is 11.9. The van der Waals surface area contributed by atoms with Crippen LogP contribution >= 0.6 is 0 Å². The summed E-state index contributed by atoms with van der Waals surface area (Å²) in [6.45, 7) is 0.